The largest absolute Gasteiger partial charge is 0.354 e. The number of halogens is 2. The lowest BCUT2D eigenvalue weighted by molar-refractivity contribution is 0.216. The summed E-state index contributed by atoms with van der Waals surface area (Å²) in [6.45, 7) is 5.39. The van der Waals surface area contributed by atoms with Gasteiger partial charge in [-0.1, -0.05) is 16.8 Å². The van der Waals surface area contributed by atoms with Crippen molar-refractivity contribution in [3.05, 3.63) is 23.2 Å². The van der Waals surface area contributed by atoms with E-state index < -0.39 is 0 Å². The van der Waals surface area contributed by atoms with Crippen molar-refractivity contribution in [2.75, 3.05) is 37.6 Å². The Kier molecular flexibility index (Phi) is 6.67. The van der Waals surface area contributed by atoms with Gasteiger partial charge in [0.1, 0.15) is 0 Å². The Morgan fingerprint density at radius 3 is 2.58 bits per heavy atom. The van der Waals surface area contributed by atoms with Gasteiger partial charge in [0.15, 0.2) is 11.4 Å². The number of aromatic nitrogens is 1. The Hall–Kier alpha value is -1.01. The van der Waals surface area contributed by atoms with Crippen LogP contribution in [0.2, 0.25) is 5.02 Å². The third-order valence-electron chi connectivity index (χ3n) is 5.83. The lowest BCUT2D eigenvalue weighted by Crippen LogP contribution is -2.47. The van der Waals surface area contributed by atoms with Crippen LogP contribution in [0.1, 0.15) is 32.1 Å². The highest BCUT2D eigenvalue weighted by Gasteiger charge is 2.23. The molecule has 2 N–H and O–H groups in total. The molecule has 144 valence electrons. The molecule has 0 amide bonds. The molecule has 2 heterocycles. The molecule has 0 unspecified atom stereocenters. The topological polar surface area (TPSA) is 58.5 Å². The SMILES string of the molecule is Cl.NC1CCC(CCN2CCN(c3noc4cc(Cl)ccc34)CC2)CC1. The molecule has 2 aliphatic rings. The van der Waals surface area contributed by atoms with Crippen LogP contribution in [0, 0.1) is 5.92 Å². The second-order valence-corrected chi connectivity index (χ2v) is 7.98. The summed E-state index contributed by atoms with van der Waals surface area (Å²) >= 11 is 6.02. The Bertz CT molecular complexity index is 707. The molecule has 0 atom stereocenters. The number of nitrogens with zero attached hydrogens (tertiary/aromatic N) is 3. The highest BCUT2D eigenvalue weighted by Crippen LogP contribution is 2.29. The number of anilines is 1. The van der Waals surface area contributed by atoms with Crippen molar-refractivity contribution >= 4 is 40.8 Å². The minimum atomic E-state index is 0. The van der Waals surface area contributed by atoms with Crippen LogP contribution in [-0.4, -0.2) is 48.8 Å². The average Bonchev–Trinajstić information content (AvgIpc) is 3.04. The number of nitrogens with two attached hydrogens (primary N) is 1. The molecule has 1 aromatic heterocycles. The Labute approximate surface area is 166 Å². The van der Waals surface area contributed by atoms with Gasteiger partial charge in [-0.2, -0.15) is 0 Å². The van der Waals surface area contributed by atoms with Crippen LogP contribution < -0.4 is 10.6 Å². The Morgan fingerprint density at radius 2 is 1.85 bits per heavy atom. The van der Waals surface area contributed by atoms with Gasteiger partial charge in [-0.25, -0.2) is 0 Å². The van der Waals surface area contributed by atoms with Crippen LogP contribution in [0.3, 0.4) is 0 Å². The van der Waals surface area contributed by atoms with Gasteiger partial charge >= 0.3 is 0 Å². The summed E-state index contributed by atoms with van der Waals surface area (Å²) in [5.74, 6) is 1.83. The molecule has 1 aliphatic heterocycles. The molecule has 1 aromatic carbocycles. The first-order valence-electron chi connectivity index (χ1n) is 9.47. The van der Waals surface area contributed by atoms with E-state index in [1.165, 1.54) is 38.6 Å². The summed E-state index contributed by atoms with van der Waals surface area (Å²) in [5.41, 5.74) is 6.77. The molecule has 2 aromatic rings. The van der Waals surface area contributed by atoms with Gasteiger partial charge in [-0.15, -0.1) is 12.4 Å². The van der Waals surface area contributed by atoms with Crippen LogP contribution in [0.15, 0.2) is 22.7 Å². The first-order valence-corrected chi connectivity index (χ1v) is 9.84. The van der Waals surface area contributed by atoms with Crippen LogP contribution in [0.4, 0.5) is 5.82 Å². The third kappa shape index (κ3) is 4.45. The quantitative estimate of drug-likeness (QED) is 0.844. The van der Waals surface area contributed by atoms with Gasteiger partial charge in [-0.05, 0) is 56.7 Å². The number of benzene rings is 1. The minimum Gasteiger partial charge on any atom is -0.354 e. The van der Waals surface area contributed by atoms with E-state index in [0.29, 0.717) is 11.1 Å². The van der Waals surface area contributed by atoms with E-state index in [9.17, 15) is 0 Å². The molecule has 7 heteroatoms. The fourth-order valence-corrected chi connectivity index (χ4v) is 4.31. The first-order chi connectivity index (χ1) is 12.2. The summed E-state index contributed by atoms with van der Waals surface area (Å²) < 4.78 is 5.45. The number of rotatable bonds is 4. The van der Waals surface area contributed by atoms with Crippen LogP contribution >= 0.6 is 24.0 Å². The molecule has 1 saturated carbocycles. The van der Waals surface area contributed by atoms with Crippen molar-refractivity contribution in [3.8, 4) is 0 Å². The normalized spacial score (nSPS) is 24.6. The zero-order valence-corrected chi connectivity index (χ0v) is 16.6. The number of fused-ring (bicyclic) bond motifs is 1. The molecule has 26 heavy (non-hydrogen) atoms. The monoisotopic (exact) mass is 398 g/mol. The predicted molar refractivity (Wildman–Crippen MR) is 109 cm³/mol. The lowest BCUT2D eigenvalue weighted by atomic mass is 9.84. The van der Waals surface area contributed by atoms with Crippen molar-refractivity contribution in [1.29, 1.82) is 0 Å². The summed E-state index contributed by atoms with van der Waals surface area (Å²) in [6, 6.07) is 6.19. The Morgan fingerprint density at radius 1 is 1.12 bits per heavy atom. The molecule has 2 fully saturated rings. The molecule has 1 saturated heterocycles. The van der Waals surface area contributed by atoms with E-state index in [1.54, 1.807) is 0 Å². The molecule has 0 bridgehead atoms. The van der Waals surface area contributed by atoms with Crippen molar-refractivity contribution in [1.82, 2.24) is 10.1 Å². The summed E-state index contributed by atoms with van der Waals surface area (Å²) in [5, 5.41) is 6.01. The number of hydrogen-bond acceptors (Lipinski definition) is 5. The Balaban J connectivity index is 0.00000196. The highest BCUT2D eigenvalue weighted by molar-refractivity contribution is 6.31. The van der Waals surface area contributed by atoms with Crippen LogP contribution in [0.5, 0.6) is 0 Å². The maximum absolute atomic E-state index is 6.02. The van der Waals surface area contributed by atoms with Gasteiger partial charge in [0.05, 0.1) is 5.39 Å². The first kappa shape index (κ1) is 19.7. The minimum absolute atomic E-state index is 0. The standard InChI is InChI=1S/C19H27ClN4O.ClH/c20-15-3-6-17-18(13-15)25-22-19(17)24-11-9-23(10-12-24)8-7-14-1-4-16(21)5-2-14;/h3,6,13-14,16H,1-2,4-5,7-12,21H2;1H. The summed E-state index contributed by atoms with van der Waals surface area (Å²) in [7, 11) is 0. The van der Waals surface area contributed by atoms with Crippen molar-refractivity contribution in [2.45, 2.75) is 38.1 Å². The van der Waals surface area contributed by atoms with Crippen molar-refractivity contribution in [2.24, 2.45) is 11.7 Å². The van der Waals surface area contributed by atoms with Crippen molar-refractivity contribution < 1.29 is 4.52 Å². The summed E-state index contributed by atoms with van der Waals surface area (Å²) in [4.78, 5) is 4.92. The van der Waals surface area contributed by atoms with Gasteiger partial charge in [0, 0.05) is 43.3 Å². The van der Waals surface area contributed by atoms with Gasteiger partial charge < -0.3 is 15.2 Å². The average molecular weight is 399 g/mol. The van der Waals surface area contributed by atoms with Gasteiger partial charge in [0.2, 0.25) is 0 Å². The second-order valence-electron chi connectivity index (χ2n) is 7.54. The molecule has 0 spiro atoms. The maximum atomic E-state index is 6.02. The second kappa shape index (κ2) is 8.79. The van der Waals surface area contributed by atoms with E-state index in [0.717, 1.165) is 48.9 Å². The van der Waals surface area contributed by atoms with E-state index in [4.69, 9.17) is 21.9 Å². The van der Waals surface area contributed by atoms with Crippen LogP contribution in [0.25, 0.3) is 11.0 Å². The van der Waals surface area contributed by atoms with E-state index in [1.807, 2.05) is 18.2 Å². The molecule has 0 radical (unpaired) electrons. The van der Waals surface area contributed by atoms with Gasteiger partial charge in [0.25, 0.3) is 0 Å². The number of piperazine rings is 1. The fraction of sp³-hybridized carbons (Fsp3) is 0.632. The van der Waals surface area contributed by atoms with E-state index in [2.05, 4.69) is 15.0 Å². The lowest BCUT2D eigenvalue weighted by Gasteiger charge is -2.36. The van der Waals surface area contributed by atoms with Crippen LogP contribution in [-0.2, 0) is 0 Å². The third-order valence-corrected chi connectivity index (χ3v) is 6.07. The molecular weight excluding hydrogens is 371 g/mol. The molecule has 5 nitrogen and oxygen atoms in total. The molecule has 4 rings (SSSR count). The number of hydrogen-bond donors (Lipinski definition) is 1. The van der Waals surface area contributed by atoms with E-state index in [-0.39, 0.29) is 12.4 Å². The summed E-state index contributed by atoms with van der Waals surface area (Å²) in [6.07, 6.45) is 6.37. The zero-order chi connectivity index (χ0) is 17.2. The van der Waals surface area contributed by atoms with Crippen molar-refractivity contribution in [3.63, 3.8) is 0 Å². The molecule has 1 aliphatic carbocycles. The smallest absolute Gasteiger partial charge is 0.180 e. The van der Waals surface area contributed by atoms with E-state index >= 15 is 0 Å². The fourth-order valence-electron chi connectivity index (χ4n) is 4.15. The molecular formula is C19H28Cl2N4O. The zero-order valence-electron chi connectivity index (χ0n) is 15.1. The van der Waals surface area contributed by atoms with Gasteiger partial charge in [-0.3, -0.25) is 4.90 Å². The predicted octanol–water partition coefficient (Wildman–Crippen LogP) is 3.93. The highest BCUT2D eigenvalue weighted by atomic mass is 35.5. The maximum Gasteiger partial charge on any atom is 0.180 e.